The Labute approximate surface area is 210 Å². The van der Waals surface area contributed by atoms with E-state index in [-0.39, 0.29) is 6.54 Å². The molecule has 0 amide bonds. The standard InChI is InChI=1S/C26H19ClF2N2OS2/c1-15-6-7-17(21(27)10-15)14-31-22(12-20(26(2,28)29)19(13-30)25(31)32)24-9-8-23(34-24)16-4-3-5-18(33)11-16/h3-12,33H,14H2,1-2H3. The summed E-state index contributed by atoms with van der Waals surface area (Å²) >= 11 is 12.2. The van der Waals surface area contributed by atoms with Gasteiger partial charge in [-0.05, 0) is 60.0 Å². The van der Waals surface area contributed by atoms with Crippen LogP contribution in [-0.4, -0.2) is 4.57 Å². The lowest BCUT2D eigenvalue weighted by molar-refractivity contribution is 0.0169. The lowest BCUT2D eigenvalue weighted by Crippen LogP contribution is -2.29. The summed E-state index contributed by atoms with van der Waals surface area (Å²) in [6.07, 6.45) is 0. The molecule has 4 rings (SSSR count). The lowest BCUT2D eigenvalue weighted by Gasteiger charge is -2.19. The maximum atomic E-state index is 14.4. The quantitative estimate of drug-likeness (QED) is 0.281. The summed E-state index contributed by atoms with van der Waals surface area (Å²) in [7, 11) is 0. The van der Waals surface area contributed by atoms with Crippen molar-refractivity contribution in [1.29, 1.82) is 5.26 Å². The van der Waals surface area contributed by atoms with Crippen LogP contribution in [-0.2, 0) is 12.5 Å². The number of aromatic nitrogens is 1. The molecule has 0 aliphatic rings. The predicted octanol–water partition coefficient (Wildman–Crippen LogP) is 7.53. The van der Waals surface area contributed by atoms with E-state index in [1.54, 1.807) is 24.3 Å². The molecule has 0 atom stereocenters. The summed E-state index contributed by atoms with van der Waals surface area (Å²) in [5, 5.41) is 10.0. The zero-order chi connectivity index (χ0) is 24.6. The summed E-state index contributed by atoms with van der Waals surface area (Å²) in [5.41, 5.74) is 0.891. The number of rotatable bonds is 5. The number of hydrogen-bond donors (Lipinski definition) is 1. The van der Waals surface area contributed by atoms with Gasteiger partial charge in [0.05, 0.1) is 17.1 Å². The Morgan fingerprint density at radius 1 is 1.12 bits per heavy atom. The molecule has 2 aromatic carbocycles. The Hall–Kier alpha value is -2.92. The molecule has 4 aromatic rings. The van der Waals surface area contributed by atoms with Crippen molar-refractivity contribution in [2.45, 2.75) is 31.2 Å². The molecule has 0 bridgehead atoms. The minimum Gasteiger partial charge on any atom is -0.302 e. The van der Waals surface area contributed by atoms with Crippen LogP contribution in [0.4, 0.5) is 8.78 Å². The maximum Gasteiger partial charge on any atom is 0.272 e. The average Bonchev–Trinajstić information content (AvgIpc) is 3.26. The molecular formula is C26H19ClF2N2OS2. The highest BCUT2D eigenvalue weighted by molar-refractivity contribution is 7.80. The lowest BCUT2D eigenvalue weighted by atomic mass is 10.0. The van der Waals surface area contributed by atoms with Crippen molar-refractivity contribution in [1.82, 2.24) is 4.57 Å². The van der Waals surface area contributed by atoms with Gasteiger partial charge in [-0.3, -0.25) is 4.79 Å². The van der Waals surface area contributed by atoms with E-state index in [9.17, 15) is 18.8 Å². The molecule has 0 saturated heterocycles. The SMILES string of the molecule is Cc1ccc(Cn2c(-c3ccc(-c4cccc(S)c4)s3)cc(C(C)(F)F)c(C#N)c2=O)c(Cl)c1. The number of nitriles is 1. The second-order valence-corrected chi connectivity index (χ2v) is 10.0. The third kappa shape index (κ3) is 4.80. The molecule has 172 valence electrons. The molecular weight excluding hydrogens is 494 g/mol. The Bertz CT molecular complexity index is 1500. The predicted molar refractivity (Wildman–Crippen MR) is 136 cm³/mol. The van der Waals surface area contributed by atoms with E-state index in [4.69, 9.17) is 11.6 Å². The van der Waals surface area contributed by atoms with Gasteiger partial charge in [-0.15, -0.1) is 24.0 Å². The number of alkyl halides is 2. The monoisotopic (exact) mass is 512 g/mol. The smallest absolute Gasteiger partial charge is 0.272 e. The summed E-state index contributed by atoms with van der Waals surface area (Å²) in [4.78, 5) is 15.6. The second kappa shape index (κ2) is 9.38. The normalized spacial score (nSPS) is 11.4. The molecule has 0 spiro atoms. The third-order valence-corrected chi connectivity index (χ3v) is 7.20. The van der Waals surface area contributed by atoms with E-state index < -0.39 is 22.6 Å². The van der Waals surface area contributed by atoms with Gasteiger partial charge in [-0.25, -0.2) is 8.78 Å². The Morgan fingerprint density at radius 2 is 1.85 bits per heavy atom. The van der Waals surface area contributed by atoms with E-state index >= 15 is 0 Å². The molecule has 0 aliphatic heterocycles. The number of pyridine rings is 1. The highest BCUT2D eigenvalue weighted by Crippen LogP contribution is 2.38. The summed E-state index contributed by atoms with van der Waals surface area (Å²) < 4.78 is 30.2. The van der Waals surface area contributed by atoms with Crippen molar-refractivity contribution in [3.63, 3.8) is 0 Å². The van der Waals surface area contributed by atoms with Crippen LogP contribution in [0.3, 0.4) is 0 Å². The fraction of sp³-hybridized carbons (Fsp3) is 0.154. The van der Waals surface area contributed by atoms with Gasteiger partial charge in [0.2, 0.25) is 0 Å². The van der Waals surface area contributed by atoms with Crippen molar-refractivity contribution in [3.8, 4) is 27.1 Å². The van der Waals surface area contributed by atoms with E-state index in [2.05, 4.69) is 12.6 Å². The van der Waals surface area contributed by atoms with E-state index in [1.165, 1.54) is 22.0 Å². The molecule has 0 unspecified atom stereocenters. The van der Waals surface area contributed by atoms with Crippen molar-refractivity contribution in [2.24, 2.45) is 0 Å². The van der Waals surface area contributed by atoms with Crippen molar-refractivity contribution in [2.75, 3.05) is 0 Å². The number of halogens is 3. The molecule has 0 radical (unpaired) electrons. The van der Waals surface area contributed by atoms with Crippen LogP contribution in [0, 0.1) is 18.3 Å². The van der Waals surface area contributed by atoms with Gasteiger partial charge in [0.15, 0.2) is 0 Å². The zero-order valence-corrected chi connectivity index (χ0v) is 20.7. The molecule has 2 heterocycles. The minimum absolute atomic E-state index is 0.0386. The fourth-order valence-electron chi connectivity index (χ4n) is 3.70. The minimum atomic E-state index is -3.36. The van der Waals surface area contributed by atoms with Crippen LogP contribution in [0.25, 0.3) is 21.0 Å². The van der Waals surface area contributed by atoms with E-state index in [0.29, 0.717) is 28.1 Å². The summed E-state index contributed by atoms with van der Waals surface area (Å²) in [6.45, 7) is 2.62. The first kappa shape index (κ1) is 24.2. The number of nitrogens with zero attached hydrogens (tertiary/aromatic N) is 2. The summed E-state index contributed by atoms with van der Waals surface area (Å²) in [6, 6.07) is 19.6. The number of thiol groups is 1. The highest BCUT2D eigenvalue weighted by Gasteiger charge is 2.32. The number of hydrogen-bond acceptors (Lipinski definition) is 4. The summed E-state index contributed by atoms with van der Waals surface area (Å²) in [5.74, 6) is -3.36. The molecule has 0 saturated carbocycles. The van der Waals surface area contributed by atoms with E-state index in [1.807, 2.05) is 43.3 Å². The van der Waals surface area contributed by atoms with Gasteiger partial charge in [0.25, 0.3) is 11.5 Å². The molecule has 8 heteroatoms. The van der Waals surface area contributed by atoms with Gasteiger partial charge < -0.3 is 4.57 Å². The first-order chi connectivity index (χ1) is 16.1. The van der Waals surface area contributed by atoms with Gasteiger partial charge in [-0.2, -0.15) is 5.26 Å². The van der Waals surface area contributed by atoms with Gasteiger partial charge >= 0.3 is 0 Å². The van der Waals surface area contributed by atoms with Crippen LogP contribution in [0.5, 0.6) is 0 Å². The number of benzene rings is 2. The second-order valence-electron chi connectivity index (χ2n) is 8.02. The molecule has 34 heavy (non-hydrogen) atoms. The first-order valence-electron chi connectivity index (χ1n) is 10.3. The number of aryl methyl sites for hydroxylation is 1. The Kier molecular flexibility index (Phi) is 6.68. The molecule has 0 aliphatic carbocycles. The topological polar surface area (TPSA) is 45.8 Å². The third-order valence-electron chi connectivity index (χ3n) is 5.41. The highest BCUT2D eigenvalue weighted by atomic mass is 35.5. The molecule has 2 aromatic heterocycles. The first-order valence-corrected chi connectivity index (χ1v) is 11.9. The van der Waals surface area contributed by atoms with Crippen LogP contribution in [0.15, 0.2) is 70.4 Å². The van der Waals surface area contributed by atoms with Crippen molar-refractivity contribution < 1.29 is 8.78 Å². The molecule has 0 fully saturated rings. The van der Waals surface area contributed by atoms with Crippen LogP contribution in [0.2, 0.25) is 5.02 Å². The zero-order valence-electron chi connectivity index (χ0n) is 18.3. The Balaban J connectivity index is 1.94. The van der Waals surface area contributed by atoms with Gasteiger partial charge in [-0.1, -0.05) is 35.9 Å². The van der Waals surface area contributed by atoms with E-state index in [0.717, 1.165) is 20.9 Å². The van der Waals surface area contributed by atoms with Crippen molar-refractivity contribution >= 4 is 35.6 Å². The number of thiophene rings is 1. The molecule has 3 nitrogen and oxygen atoms in total. The van der Waals surface area contributed by atoms with Crippen LogP contribution >= 0.6 is 35.6 Å². The molecule has 0 N–H and O–H groups in total. The van der Waals surface area contributed by atoms with Crippen molar-refractivity contribution in [3.05, 3.63) is 98.3 Å². The van der Waals surface area contributed by atoms with Gasteiger partial charge in [0, 0.05) is 27.3 Å². The van der Waals surface area contributed by atoms with Crippen LogP contribution < -0.4 is 5.56 Å². The fourth-order valence-corrected chi connectivity index (χ4v) is 5.25. The Morgan fingerprint density at radius 3 is 2.50 bits per heavy atom. The maximum absolute atomic E-state index is 14.4. The van der Waals surface area contributed by atoms with Gasteiger partial charge in [0.1, 0.15) is 11.6 Å². The average molecular weight is 513 g/mol. The largest absolute Gasteiger partial charge is 0.302 e. The van der Waals surface area contributed by atoms with Crippen LogP contribution in [0.1, 0.15) is 29.2 Å².